The van der Waals surface area contributed by atoms with Crippen LogP contribution in [0.1, 0.15) is 13.3 Å². The molecule has 0 aliphatic heterocycles. The molecule has 1 unspecified atom stereocenters. The molecule has 0 aliphatic carbocycles. The first-order chi connectivity index (χ1) is 8.30. The quantitative estimate of drug-likeness (QED) is 0.349. The van der Waals surface area contributed by atoms with E-state index in [2.05, 4.69) is 46.3 Å². The van der Waals surface area contributed by atoms with Crippen molar-refractivity contribution in [2.75, 3.05) is 13.2 Å². The standard InChI is InChI=1S/C13H28O3Si2/c1-8-11-15-17(4,5)18(6,7)16-12-13(9-2)14-10-3/h8,10,13H,1,3,9,11-12H2,2,4-7H3. The predicted octanol–water partition coefficient (Wildman–Crippen LogP) is 3.63. The zero-order valence-electron chi connectivity index (χ0n) is 12.5. The Balaban J connectivity index is 4.43. The maximum absolute atomic E-state index is 6.17. The van der Waals surface area contributed by atoms with Gasteiger partial charge in [-0.25, -0.2) is 0 Å². The number of hydrogen-bond donors (Lipinski definition) is 0. The number of ether oxygens (including phenoxy) is 1. The predicted molar refractivity (Wildman–Crippen MR) is 82.4 cm³/mol. The Kier molecular flexibility index (Phi) is 7.77. The fourth-order valence-corrected chi connectivity index (χ4v) is 5.72. The minimum Gasteiger partial charge on any atom is -0.496 e. The summed E-state index contributed by atoms with van der Waals surface area (Å²) in [5.74, 6) is 0. The van der Waals surface area contributed by atoms with Crippen LogP contribution in [0.3, 0.4) is 0 Å². The van der Waals surface area contributed by atoms with Gasteiger partial charge in [0.2, 0.25) is 15.7 Å². The molecule has 3 nitrogen and oxygen atoms in total. The Labute approximate surface area is 114 Å². The first-order valence-corrected chi connectivity index (χ1v) is 13.3. The van der Waals surface area contributed by atoms with E-state index in [0.717, 1.165) is 6.42 Å². The third-order valence-electron chi connectivity index (χ3n) is 3.39. The Morgan fingerprint density at radius 3 is 2.06 bits per heavy atom. The molecule has 0 rings (SSSR count). The van der Waals surface area contributed by atoms with Gasteiger partial charge < -0.3 is 13.6 Å². The van der Waals surface area contributed by atoms with E-state index in [1.165, 1.54) is 6.26 Å². The van der Waals surface area contributed by atoms with E-state index in [4.69, 9.17) is 13.6 Å². The van der Waals surface area contributed by atoms with Gasteiger partial charge in [-0.15, -0.1) is 6.58 Å². The lowest BCUT2D eigenvalue weighted by atomic mass is 10.3. The van der Waals surface area contributed by atoms with E-state index in [9.17, 15) is 0 Å². The summed E-state index contributed by atoms with van der Waals surface area (Å²) < 4.78 is 17.5. The molecule has 0 spiro atoms. The van der Waals surface area contributed by atoms with Gasteiger partial charge in [-0.1, -0.05) is 19.6 Å². The van der Waals surface area contributed by atoms with Gasteiger partial charge in [-0.3, -0.25) is 0 Å². The van der Waals surface area contributed by atoms with Gasteiger partial charge in [0.15, 0.2) is 0 Å². The van der Waals surface area contributed by atoms with Gasteiger partial charge >= 0.3 is 0 Å². The maximum atomic E-state index is 6.17. The van der Waals surface area contributed by atoms with Crippen molar-refractivity contribution in [2.24, 2.45) is 0 Å². The van der Waals surface area contributed by atoms with Crippen LogP contribution in [-0.4, -0.2) is 35.0 Å². The highest BCUT2D eigenvalue weighted by Crippen LogP contribution is 2.22. The number of hydrogen-bond acceptors (Lipinski definition) is 3. The van der Waals surface area contributed by atoms with Crippen LogP contribution in [-0.2, 0) is 13.6 Å². The smallest absolute Gasteiger partial charge is 0.205 e. The molecule has 0 aromatic heterocycles. The highest BCUT2D eigenvalue weighted by atomic mass is 29.3. The molecule has 0 radical (unpaired) electrons. The van der Waals surface area contributed by atoms with Gasteiger partial charge in [0.05, 0.1) is 19.5 Å². The second kappa shape index (κ2) is 7.94. The van der Waals surface area contributed by atoms with Crippen molar-refractivity contribution in [1.82, 2.24) is 0 Å². The Bertz CT molecular complexity index is 265. The average molecular weight is 289 g/mol. The average Bonchev–Trinajstić information content (AvgIpc) is 2.31. The minimum atomic E-state index is -1.82. The SMILES string of the molecule is C=CCO[Si](C)(C)[Si](C)(C)OCC(CC)OC=C. The van der Waals surface area contributed by atoms with Crippen molar-refractivity contribution >= 4 is 15.7 Å². The number of rotatable bonds is 10. The van der Waals surface area contributed by atoms with E-state index >= 15 is 0 Å². The maximum Gasteiger partial charge on any atom is 0.205 e. The molecule has 0 aliphatic rings. The van der Waals surface area contributed by atoms with Crippen molar-refractivity contribution in [2.45, 2.75) is 45.6 Å². The summed E-state index contributed by atoms with van der Waals surface area (Å²) in [5.41, 5.74) is 0. The zero-order valence-corrected chi connectivity index (χ0v) is 14.5. The fraction of sp³-hybridized carbons (Fsp3) is 0.692. The summed E-state index contributed by atoms with van der Waals surface area (Å²) >= 11 is 0. The van der Waals surface area contributed by atoms with Crippen molar-refractivity contribution < 1.29 is 13.6 Å². The summed E-state index contributed by atoms with van der Waals surface area (Å²) in [6.45, 7) is 19.5. The Hall–Kier alpha value is -0.366. The molecule has 0 saturated heterocycles. The summed E-state index contributed by atoms with van der Waals surface area (Å²) in [4.78, 5) is 0. The highest BCUT2D eigenvalue weighted by molar-refractivity contribution is 7.35. The topological polar surface area (TPSA) is 27.7 Å². The van der Waals surface area contributed by atoms with Gasteiger partial charge in [-0.2, -0.15) is 0 Å². The Morgan fingerprint density at radius 1 is 1.06 bits per heavy atom. The molecule has 0 amide bonds. The molecule has 18 heavy (non-hydrogen) atoms. The molecule has 0 fully saturated rings. The van der Waals surface area contributed by atoms with Crippen molar-refractivity contribution in [1.29, 1.82) is 0 Å². The van der Waals surface area contributed by atoms with Crippen LogP contribution in [0.25, 0.3) is 0 Å². The summed E-state index contributed by atoms with van der Waals surface area (Å²) in [6.07, 6.45) is 4.31. The molecule has 0 bridgehead atoms. The van der Waals surface area contributed by atoms with Crippen molar-refractivity contribution in [3.05, 3.63) is 25.5 Å². The lowest BCUT2D eigenvalue weighted by Gasteiger charge is -2.37. The van der Waals surface area contributed by atoms with E-state index in [1.807, 2.05) is 0 Å². The molecule has 0 heterocycles. The van der Waals surface area contributed by atoms with Crippen LogP contribution in [0.5, 0.6) is 0 Å². The van der Waals surface area contributed by atoms with Crippen LogP contribution in [0.15, 0.2) is 25.5 Å². The van der Waals surface area contributed by atoms with Crippen molar-refractivity contribution in [3.8, 4) is 0 Å². The van der Waals surface area contributed by atoms with Crippen LogP contribution in [0, 0.1) is 0 Å². The molecule has 1 atom stereocenters. The first-order valence-electron chi connectivity index (χ1n) is 6.46. The fourth-order valence-electron chi connectivity index (χ4n) is 1.31. The summed E-state index contributed by atoms with van der Waals surface area (Å²) in [7, 11) is -3.61. The second-order valence-corrected chi connectivity index (χ2v) is 19.1. The normalized spacial score (nSPS) is 14.1. The van der Waals surface area contributed by atoms with Crippen LogP contribution >= 0.6 is 0 Å². The minimum absolute atomic E-state index is 0.0958. The molecular formula is C13H28O3Si2. The lowest BCUT2D eigenvalue weighted by molar-refractivity contribution is 0.0836. The van der Waals surface area contributed by atoms with Crippen LogP contribution < -0.4 is 0 Å². The third-order valence-corrected chi connectivity index (χ3v) is 17.6. The molecule has 5 heteroatoms. The molecular weight excluding hydrogens is 260 g/mol. The van der Waals surface area contributed by atoms with E-state index in [0.29, 0.717) is 13.2 Å². The largest absolute Gasteiger partial charge is 0.496 e. The third kappa shape index (κ3) is 5.52. The molecule has 0 N–H and O–H groups in total. The van der Waals surface area contributed by atoms with E-state index < -0.39 is 15.7 Å². The molecule has 0 aromatic carbocycles. The van der Waals surface area contributed by atoms with Gasteiger partial charge in [0, 0.05) is 0 Å². The summed E-state index contributed by atoms with van der Waals surface area (Å²) in [6, 6.07) is 0. The molecule has 106 valence electrons. The second-order valence-electron chi connectivity index (χ2n) is 5.26. The zero-order chi connectivity index (χ0) is 14.2. The lowest BCUT2D eigenvalue weighted by Crippen LogP contribution is -2.59. The van der Waals surface area contributed by atoms with E-state index in [-0.39, 0.29) is 6.10 Å². The highest BCUT2D eigenvalue weighted by Gasteiger charge is 2.45. The van der Waals surface area contributed by atoms with Gasteiger partial charge in [0.1, 0.15) is 6.10 Å². The van der Waals surface area contributed by atoms with Crippen molar-refractivity contribution in [3.63, 3.8) is 0 Å². The monoisotopic (exact) mass is 288 g/mol. The molecule has 0 aromatic rings. The van der Waals surface area contributed by atoms with Crippen LogP contribution in [0.2, 0.25) is 26.2 Å². The Morgan fingerprint density at radius 2 is 1.61 bits per heavy atom. The first kappa shape index (κ1) is 17.6. The van der Waals surface area contributed by atoms with Gasteiger partial charge in [-0.05, 0) is 32.6 Å². The van der Waals surface area contributed by atoms with Gasteiger partial charge in [0.25, 0.3) is 0 Å². The summed E-state index contributed by atoms with van der Waals surface area (Å²) in [5, 5.41) is 0. The van der Waals surface area contributed by atoms with Crippen LogP contribution in [0.4, 0.5) is 0 Å². The molecule has 0 saturated carbocycles. The van der Waals surface area contributed by atoms with E-state index in [1.54, 1.807) is 6.08 Å².